The Hall–Kier alpha value is -0.980. The maximum atomic E-state index is 12.4. The second-order valence-corrected chi connectivity index (χ2v) is 12.1. The van der Waals surface area contributed by atoms with E-state index in [4.69, 9.17) is 9.84 Å². The molecule has 33 heavy (non-hydrogen) atoms. The van der Waals surface area contributed by atoms with Gasteiger partial charge in [-0.25, -0.2) is 0 Å². The Morgan fingerprint density at radius 2 is 1.70 bits per heavy atom. The molecule has 0 radical (unpaired) electrons. The molecule has 4 fully saturated rings. The van der Waals surface area contributed by atoms with Crippen LogP contribution in [0.1, 0.15) is 77.2 Å². The molecule has 5 nitrogen and oxygen atoms in total. The van der Waals surface area contributed by atoms with E-state index in [2.05, 4.69) is 13.8 Å². The molecule has 4 N–H and O–H groups in total. The van der Waals surface area contributed by atoms with Crippen molar-refractivity contribution < 1.29 is 25.2 Å². The molecule has 4 saturated carbocycles. The van der Waals surface area contributed by atoms with Crippen LogP contribution in [0.25, 0.3) is 0 Å². The van der Waals surface area contributed by atoms with Gasteiger partial charge >= 0.3 is 0 Å². The second-order valence-electron chi connectivity index (χ2n) is 12.1. The molecule has 0 aromatic heterocycles. The van der Waals surface area contributed by atoms with Gasteiger partial charge in [0.2, 0.25) is 0 Å². The van der Waals surface area contributed by atoms with E-state index in [1.165, 1.54) is 0 Å². The number of rotatable bonds is 5. The number of ether oxygens (including phenoxy) is 1. The van der Waals surface area contributed by atoms with Gasteiger partial charge in [-0.3, -0.25) is 0 Å². The molecule has 0 spiro atoms. The zero-order valence-corrected chi connectivity index (χ0v) is 20.2. The Kier molecular flexibility index (Phi) is 5.98. The van der Waals surface area contributed by atoms with Crippen LogP contribution in [-0.4, -0.2) is 51.4 Å². The van der Waals surface area contributed by atoms with E-state index in [1.807, 2.05) is 30.3 Å². The molecule has 1 aromatic carbocycles. The standard InChI is InChI=1S/C28H42O5/c1-25-12-10-22(33-18-21(30)17-29)16-20(25)8-9-24-23(25)11-13-26(2)27(31,14-15-28(24,26)32)19-6-4-3-5-7-19/h3-7,20-24,29-32H,8-18H2,1-2H3/t20?,21-,22?,23+,24+,25-,26+,27?,28+/m0/s1. The van der Waals surface area contributed by atoms with E-state index in [1.54, 1.807) is 0 Å². The van der Waals surface area contributed by atoms with E-state index < -0.39 is 22.7 Å². The minimum absolute atomic E-state index is 0.146. The summed E-state index contributed by atoms with van der Waals surface area (Å²) in [6, 6.07) is 10.0. The van der Waals surface area contributed by atoms with Crippen LogP contribution in [0.3, 0.4) is 0 Å². The number of fused-ring (bicyclic) bond motifs is 5. The zero-order valence-electron chi connectivity index (χ0n) is 20.2. The predicted octanol–water partition coefficient (Wildman–Crippen LogP) is 3.77. The van der Waals surface area contributed by atoms with Crippen LogP contribution in [0.2, 0.25) is 0 Å². The maximum Gasteiger partial charge on any atom is 0.100 e. The summed E-state index contributed by atoms with van der Waals surface area (Å²) >= 11 is 0. The first-order valence-corrected chi connectivity index (χ1v) is 13.1. The number of benzene rings is 1. The van der Waals surface area contributed by atoms with Gasteiger partial charge in [-0.1, -0.05) is 44.2 Å². The van der Waals surface area contributed by atoms with Gasteiger partial charge in [0, 0.05) is 5.41 Å². The fourth-order valence-electron chi connectivity index (χ4n) is 8.83. The van der Waals surface area contributed by atoms with E-state index in [0.29, 0.717) is 24.7 Å². The lowest BCUT2D eigenvalue weighted by atomic mass is 9.43. The molecule has 0 amide bonds. The Balaban J connectivity index is 1.37. The average Bonchev–Trinajstić information content (AvgIpc) is 3.05. The number of hydrogen-bond donors (Lipinski definition) is 4. The minimum atomic E-state index is -0.981. The van der Waals surface area contributed by atoms with E-state index >= 15 is 0 Å². The topological polar surface area (TPSA) is 90.2 Å². The SMILES string of the molecule is C[C@]12CCC(OC[C@@H](O)CO)CC1CC[C@@H]1[C@H]2CC[C@]2(C)C(O)(c3ccccc3)CC[C@@]12O. The first kappa shape index (κ1) is 23.7. The predicted molar refractivity (Wildman–Crippen MR) is 126 cm³/mol. The number of hydrogen-bond acceptors (Lipinski definition) is 5. The average molecular weight is 459 g/mol. The van der Waals surface area contributed by atoms with E-state index in [-0.39, 0.29) is 30.7 Å². The Morgan fingerprint density at radius 3 is 2.42 bits per heavy atom. The Morgan fingerprint density at radius 1 is 0.939 bits per heavy atom. The molecule has 9 atom stereocenters. The summed E-state index contributed by atoms with van der Waals surface area (Å²) in [4.78, 5) is 0. The lowest BCUT2D eigenvalue weighted by molar-refractivity contribution is -0.239. The van der Waals surface area contributed by atoms with E-state index in [9.17, 15) is 15.3 Å². The van der Waals surface area contributed by atoms with Crippen molar-refractivity contribution in [3.8, 4) is 0 Å². The van der Waals surface area contributed by atoms with Crippen LogP contribution in [0.5, 0.6) is 0 Å². The fraction of sp³-hybridized carbons (Fsp3) is 0.786. The molecule has 5 heteroatoms. The zero-order chi connectivity index (χ0) is 23.5. The second kappa shape index (κ2) is 8.30. The quantitative estimate of drug-likeness (QED) is 0.539. The highest BCUT2D eigenvalue weighted by molar-refractivity contribution is 5.32. The molecular weight excluding hydrogens is 416 g/mol. The maximum absolute atomic E-state index is 12.4. The van der Waals surface area contributed by atoms with E-state index in [0.717, 1.165) is 50.5 Å². The monoisotopic (exact) mass is 458 g/mol. The highest BCUT2D eigenvalue weighted by Gasteiger charge is 2.71. The van der Waals surface area contributed by atoms with Crippen molar-refractivity contribution >= 4 is 0 Å². The van der Waals surface area contributed by atoms with Gasteiger partial charge in [-0.2, -0.15) is 0 Å². The van der Waals surface area contributed by atoms with Crippen LogP contribution in [-0.2, 0) is 10.3 Å². The molecule has 4 aliphatic rings. The summed E-state index contributed by atoms with van der Waals surface area (Å²) in [5.74, 6) is 1.26. The highest BCUT2D eigenvalue weighted by atomic mass is 16.5. The Bertz CT molecular complexity index is 846. The molecule has 0 heterocycles. The summed E-state index contributed by atoms with van der Waals surface area (Å²) in [6.45, 7) is 4.53. The third-order valence-corrected chi connectivity index (χ3v) is 10.9. The molecule has 0 aliphatic heterocycles. The lowest BCUT2D eigenvalue weighted by Crippen LogP contribution is -2.64. The molecule has 4 aliphatic carbocycles. The normalized spacial score (nSPS) is 47.9. The van der Waals surface area contributed by atoms with Gasteiger partial charge in [-0.05, 0) is 86.5 Å². The highest BCUT2D eigenvalue weighted by Crippen LogP contribution is 2.71. The lowest BCUT2D eigenvalue weighted by Gasteiger charge is -2.64. The first-order valence-electron chi connectivity index (χ1n) is 13.1. The summed E-state index contributed by atoms with van der Waals surface area (Å²) in [5.41, 5.74) is -1.22. The summed E-state index contributed by atoms with van der Waals surface area (Å²) in [5, 5.41) is 43.1. The van der Waals surface area contributed by atoms with Crippen LogP contribution in [0.4, 0.5) is 0 Å². The van der Waals surface area contributed by atoms with Gasteiger partial charge in [0.1, 0.15) is 6.10 Å². The van der Waals surface area contributed by atoms with Crippen molar-refractivity contribution in [2.45, 2.75) is 95.0 Å². The minimum Gasteiger partial charge on any atom is -0.394 e. The molecule has 0 bridgehead atoms. The smallest absolute Gasteiger partial charge is 0.100 e. The van der Waals surface area contributed by atoms with Gasteiger partial charge in [-0.15, -0.1) is 0 Å². The first-order chi connectivity index (χ1) is 15.7. The van der Waals surface area contributed by atoms with Crippen molar-refractivity contribution in [2.75, 3.05) is 13.2 Å². The van der Waals surface area contributed by atoms with Crippen LogP contribution >= 0.6 is 0 Å². The molecular formula is C28H42O5. The third kappa shape index (κ3) is 3.37. The summed E-state index contributed by atoms with van der Waals surface area (Å²) in [6.07, 6.45) is 7.68. The largest absolute Gasteiger partial charge is 0.394 e. The molecule has 0 saturated heterocycles. The summed E-state index contributed by atoms with van der Waals surface area (Å²) < 4.78 is 5.95. The summed E-state index contributed by atoms with van der Waals surface area (Å²) in [7, 11) is 0. The van der Waals surface area contributed by atoms with Gasteiger partial charge in [0.15, 0.2) is 0 Å². The fourth-order valence-corrected chi connectivity index (χ4v) is 8.83. The molecule has 184 valence electrons. The number of aliphatic hydroxyl groups is 4. The third-order valence-electron chi connectivity index (χ3n) is 10.9. The van der Waals surface area contributed by atoms with Gasteiger partial charge in [0.05, 0.1) is 30.5 Å². The van der Waals surface area contributed by atoms with Crippen molar-refractivity contribution in [1.29, 1.82) is 0 Å². The van der Waals surface area contributed by atoms with Crippen LogP contribution in [0.15, 0.2) is 30.3 Å². The Labute approximate surface area is 198 Å². The van der Waals surface area contributed by atoms with Crippen molar-refractivity contribution in [1.82, 2.24) is 0 Å². The van der Waals surface area contributed by atoms with Crippen LogP contribution < -0.4 is 0 Å². The number of aliphatic hydroxyl groups excluding tert-OH is 2. The van der Waals surface area contributed by atoms with Gasteiger partial charge < -0.3 is 25.2 Å². The van der Waals surface area contributed by atoms with Crippen molar-refractivity contribution in [3.05, 3.63) is 35.9 Å². The van der Waals surface area contributed by atoms with Crippen LogP contribution in [0, 0.1) is 28.6 Å². The molecule has 1 aromatic rings. The molecule has 5 rings (SSSR count). The molecule has 3 unspecified atom stereocenters. The van der Waals surface area contributed by atoms with Crippen molar-refractivity contribution in [2.24, 2.45) is 28.6 Å². The van der Waals surface area contributed by atoms with Gasteiger partial charge in [0.25, 0.3) is 0 Å². The van der Waals surface area contributed by atoms with Crippen molar-refractivity contribution in [3.63, 3.8) is 0 Å².